The first-order chi connectivity index (χ1) is 5.68. The van der Waals surface area contributed by atoms with Crippen LogP contribution in [0.2, 0.25) is 0 Å². The summed E-state index contributed by atoms with van der Waals surface area (Å²) in [4.78, 5) is 10.9. The summed E-state index contributed by atoms with van der Waals surface area (Å²) in [6, 6.07) is 1.69. The van der Waals surface area contributed by atoms with Crippen LogP contribution in [0.4, 0.5) is 8.78 Å². The van der Waals surface area contributed by atoms with E-state index in [4.69, 9.17) is 0 Å². The molecular weight excluding hydrogens is 166 g/mol. The predicted octanol–water partition coefficient (Wildman–Crippen LogP) is 1.13. The SMILES string of the molecule is O=c1[nH][nH]c2c(F)cc(F)cc12. The van der Waals surface area contributed by atoms with Crippen LogP contribution in [0.25, 0.3) is 10.9 Å². The van der Waals surface area contributed by atoms with Crippen molar-refractivity contribution in [3.63, 3.8) is 0 Å². The molecule has 1 aromatic carbocycles. The summed E-state index contributed by atoms with van der Waals surface area (Å²) >= 11 is 0. The van der Waals surface area contributed by atoms with Gasteiger partial charge in [-0.25, -0.2) is 8.78 Å². The van der Waals surface area contributed by atoms with Gasteiger partial charge < -0.3 is 0 Å². The summed E-state index contributed by atoms with van der Waals surface area (Å²) in [6.45, 7) is 0. The van der Waals surface area contributed by atoms with Crippen molar-refractivity contribution in [3.05, 3.63) is 34.1 Å². The first-order valence-electron chi connectivity index (χ1n) is 3.24. The minimum absolute atomic E-state index is 0.00130. The van der Waals surface area contributed by atoms with E-state index in [1.54, 1.807) is 0 Å². The average Bonchev–Trinajstić information content (AvgIpc) is 2.33. The predicted molar refractivity (Wildman–Crippen MR) is 38.8 cm³/mol. The molecule has 0 aliphatic heterocycles. The highest BCUT2D eigenvalue weighted by molar-refractivity contribution is 5.78. The minimum atomic E-state index is -0.775. The lowest BCUT2D eigenvalue weighted by atomic mass is 10.2. The molecule has 0 saturated carbocycles. The Morgan fingerprint density at radius 1 is 1.17 bits per heavy atom. The molecular formula is C7H4F2N2O. The molecule has 0 aliphatic carbocycles. The summed E-state index contributed by atoms with van der Waals surface area (Å²) in [6.07, 6.45) is 0. The lowest BCUT2D eigenvalue weighted by molar-refractivity contribution is 0.590. The molecule has 0 atom stereocenters. The first kappa shape index (κ1) is 7.02. The molecule has 0 spiro atoms. The number of halogens is 2. The molecule has 0 amide bonds. The molecule has 0 unspecified atom stereocenters. The monoisotopic (exact) mass is 170 g/mol. The largest absolute Gasteiger partial charge is 0.295 e. The van der Waals surface area contributed by atoms with Crippen molar-refractivity contribution in [1.82, 2.24) is 10.2 Å². The van der Waals surface area contributed by atoms with Crippen LogP contribution in [0.5, 0.6) is 0 Å². The van der Waals surface area contributed by atoms with Crippen molar-refractivity contribution >= 4 is 10.9 Å². The number of hydrogen-bond acceptors (Lipinski definition) is 1. The van der Waals surface area contributed by atoms with E-state index >= 15 is 0 Å². The van der Waals surface area contributed by atoms with E-state index in [2.05, 4.69) is 10.2 Å². The van der Waals surface area contributed by atoms with Crippen LogP contribution in [-0.4, -0.2) is 10.2 Å². The Kier molecular flexibility index (Phi) is 1.27. The third-order valence-electron chi connectivity index (χ3n) is 1.60. The standard InChI is InChI=1S/C7H4F2N2O/c8-3-1-4-6(5(9)2-3)10-11-7(4)12/h1-2H,(H2,10,11,12). The van der Waals surface area contributed by atoms with Crippen LogP contribution < -0.4 is 5.56 Å². The topological polar surface area (TPSA) is 48.6 Å². The normalized spacial score (nSPS) is 10.8. The van der Waals surface area contributed by atoms with Crippen molar-refractivity contribution in [1.29, 1.82) is 0 Å². The van der Waals surface area contributed by atoms with E-state index in [1.165, 1.54) is 0 Å². The number of fused-ring (bicyclic) bond motifs is 1. The molecule has 0 bridgehead atoms. The second kappa shape index (κ2) is 2.17. The Morgan fingerprint density at radius 2 is 1.92 bits per heavy atom. The van der Waals surface area contributed by atoms with Crippen molar-refractivity contribution in [3.8, 4) is 0 Å². The van der Waals surface area contributed by atoms with Gasteiger partial charge in [0.25, 0.3) is 5.56 Å². The summed E-state index contributed by atoms with van der Waals surface area (Å²) in [5.74, 6) is -1.53. The van der Waals surface area contributed by atoms with Crippen molar-refractivity contribution in [2.24, 2.45) is 0 Å². The van der Waals surface area contributed by atoms with Gasteiger partial charge in [-0.3, -0.25) is 15.0 Å². The zero-order chi connectivity index (χ0) is 8.72. The first-order valence-corrected chi connectivity index (χ1v) is 3.24. The van der Waals surface area contributed by atoms with E-state index in [0.29, 0.717) is 6.07 Å². The average molecular weight is 170 g/mol. The number of aromatic nitrogens is 2. The molecule has 3 nitrogen and oxygen atoms in total. The maximum Gasteiger partial charge on any atom is 0.271 e. The second-order valence-electron chi connectivity index (χ2n) is 2.39. The van der Waals surface area contributed by atoms with E-state index in [9.17, 15) is 13.6 Å². The van der Waals surface area contributed by atoms with Gasteiger partial charge in [0.1, 0.15) is 11.3 Å². The highest BCUT2D eigenvalue weighted by atomic mass is 19.1. The van der Waals surface area contributed by atoms with Crippen LogP contribution in [0.1, 0.15) is 0 Å². The fourth-order valence-electron chi connectivity index (χ4n) is 1.07. The van der Waals surface area contributed by atoms with Gasteiger partial charge in [0.15, 0.2) is 5.82 Å². The Labute approximate surface area is 65.0 Å². The summed E-state index contributed by atoms with van der Waals surface area (Å²) < 4.78 is 25.4. The minimum Gasteiger partial charge on any atom is -0.295 e. The zero-order valence-electron chi connectivity index (χ0n) is 5.82. The molecule has 62 valence electrons. The smallest absolute Gasteiger partial charge is 0.271 e. The maximum atomic E-state index is 12.8. The number of hydrogen-bond donors (Lipinski definition) is 2. The highest BCUT2D eigenvalue weighted by Crippen LogP contribution is 2.12. The number of rotatable bonds is 0. The molecule has 5 heteroatoms. The second-order valence-corrected chi connectivity index (χ2v) is 2.39. The Morgan fingerprint density at radius 3 is 2.67 bits per heavy atom. The molecule has 0 saturated heterocycles. The quantitative estimate of drug-likeness (QED) is 0.611. The Bertz CT molecular complexity index is 486. The van der Waals surface area contributed by atoms with Crippen LogP contribution in [-0.2, 0) is 0 Å². The molecule has 0 fully saturated rings. The Hall–Kier alpha value is -1.65. The lowest BCUT2D eigenvalue weighted by Crippen LogP contribution is -1.97. The van der Waals surface area contributed by atoms with Gasteiger partial charge in [-0.05, 0) is 6.07 Å². The molecule has 1 heterocycles. The third-order valence-corrected chi connectivity index (χ3v) is 1.60. The van der Waals surface area contributed by atoms with Gasteiger partial charge in [0, 0.05) is 6.07 Å². The van der Waals surface area contributed by atoms with Crippen molar-refractivity contribution in [2.45, 2.75) is 0 Å². The number of aromatic amines is 2. The van der Waals surface area contributed by atoms with E-state index in [0.717, 1.165) is 6.07 Å². The van der Waals surface area contributed by atoms with Gasteiger partial charge in [0.05, 0.1) is 5.39 Å². The van der Waals surface area contributed by atoms with Crippen molar-refractivity contribution < 1.29 is 8.78 Å². The number of nitrogens with one attached hydrogen (secondary N) is 2. The molecule has 0 radical (unpaired) electrons. The van der Waals surface area contributed by atoms with Crippen LogP contribution in [0, 0.1) is 11.6 Å². The maximum absolute atomic E-state index is 12.8. The van der Waals surface area contributed by atoms with Crippen molar-refractivity contribution in [2.75, 3.05) is 0 Å². The number of benzene rings is 1. The third kappa shape index (κ3) is 0.827. The van der Waals surface area contributed by atoms with Gasteiger partial charge >= 0.3 is 0 Å². The Balaban J connectivity index is 3.02. The van der Waals surface area contributed by atoms with Crippen LogP contribution in [0.15, 0.2) is 16.9 Å². The summed E-state index contributed by atoms with van der Waals surface area (Å²) in [5.41, 5.74) is -0.523. The van der Waals surface area contributed by atoms with E-state index in [-0.39, 0.29) is 10.9 Å². The highest BCUT2D eigenvalue weighted by Gasteiger charge is 2.07. The summed E-state index contributed by atoms with van der Waals surface area (Å²) in [7, 11) is 0. The van der Waals surface area contributed by atoms with Crippen LogP contribution in [0.3, 0.4) is 0 Å². The summed E-state index contributed by atoms with van der Waals surface area (Å²) in [5, 5.41) is 4.45. The molecule has 1 aromatic heterocycles. The molecule has 2 rings (SSSR count). The van der Waals surface area contributed by atoms with Gasteiger partial charge in [0.2, 0.25) is 0 Å². The molecule has 2 aromatic rings. The zero-order valence-corrected chi connectivity index (χ0v) is 5.82. The molecule has 2 N–H and O–H groups in total. The number of H-pyrrole nitrogens is 2. The van der Waals surface area contributed by atoms with Crippen LogP contribution >= 0.6 is 0 Å². The van der Waals surface area contributed by atoms with Gasteiger partial charge in [-0.2, -0.15) is 0 Å². The van der Waals surface area contributed by atoms with Gasteiger partial charge in [-0.15, -0.1) is 0 Å². The van der Waals surface area contributed by atoms with E-state index in [1.807, 2.05) is 0 Å². The molecule has 0 aliphatic rings. The lowest BCUT2D eigenvalue weighted by Gasteiger charge is -1.90. The fraction of sp³-hybridized carbons (Fsp3) is 0. The van der Waals surface area contributed by atoms with E-state index < -0.39 is 17.2 Å². The van der Waals surface area contributed by atoms with Gasteiger partial charge in [-0.1, -0.05) is 0 Å². The molecule has 12 heavy (non-hydrogen) atoms. The fourth-order valence-corrected chi connectivity index (χ4v) is 1.07.